The Kier molecular flexibility index (Phi) is 6.05. The Hall–Kier alpha value is -0.950. The Labute approximate surface area is 146 Å². The quantitative estimate of drug-likeness (QED) is 0.792. The van der Waals surface area contributed by atoms with Crippen LogP contribution in [-0.4, -0.2) is 86.2 Å². The second kappa shape index (κ2) is 8.24. The summed E-state index contributed by atoms with van der Waals surface area (Å²) >= 11 is 3.47. The van der Waals surface area contributed by atoms with Crippen LogP contribution in [0.2, 0.25) is 0 Å². The molecular formula is C17H24BrN3O2. The van der Waals surface area contributed by atoms with Crippen LogP contribution in [-0.2, 0) is 4.74 Å². The summed E-state index contributed by atoms with van der Waals surface area (Å²) in [4.78, 5) is 19.5. The number of ether oxygens (including phenoxy) is 1. The first kappa shape index (κ1) is 16.9. The van der Waals surface area contributed by atoms with Crippen LogP contribution in [0.3, 0.4) is 0 Å². The van der Waals surface area contributed by atoms with Crippen LogP contribution in [0.25, 0.3) is 0 Å². The largest absolute Gasteiger partial charge is 0.379 e. The van der Waals surface area contributed by atoms with Crippen LogP contribution in [0.4, 0.5) is 0 Å². The molecule has 2 aliphatic heterocycles. The minimum atomic E-state index is 0.130. The summed E-state index contributed by atoms with van der Waals surface area (Å²) < 4.78 is 6.26. The molecule has 6 heteroatoms. The van der Waals surface area contributed by atoms with E-state index in [4.69, 9.17) is 4.74 Å². The molecule has 1 aromatic rings. The van der Waals surface area contributed by atoms with Crippen molar-refractivity contribution in [2.75, 3.05) is 65.6 Å². The van der Waals surface area contributed by atoms with Gasteiger partial charge < -0.3 is 9.64 Å². The smallest absolute Gasteiger partial charge is 0.255 e. The van der Waals surface area contributed by atoms with E-state index < -0.39 is 0 Å². The van der Waals surface area contributed by atoms with Gasteiger partial charge in [-0.15, -0.1) is 0 Å². The van der Waals surface area contributed by atoms with E-state index in [1.807, 2.05) is 29.2 Å². The Morgan fingerprint density at radius 1 is 0.957 bits per heavy atom. The van der Waals surface area contributed by atoms with E-state index in [1.54, 1.807) is 0 Å². The lowest BCUT2D eigenvalue weighted by Crippen LogP contribution is -2.51. The van der Waals surface area contributed by atoms with E-state index in [1.165, 1.54) is 0 Å². The van der Waals surface area contributed by atoms with Gasteiger partial charge in [0.05, 0.1) is 18.8 Å². The highest BCUT2D eigenvalue weighted by molar-refractivity contribution is 9.10. The van der Waals surface area contributed by atoms with Gasteiger partial charge >= 0.3 is 0 Å². The van der Waals surface area contributed by atoms with Gasteiger partial charge in [0.1, 0.15) is 0 Å². The van der Waals surface area contributed by atoms with Gasteiger partial charge in [0, 0.05) is 56.8 Å². The summed E-state index contributed by atoms with van der Waals surface area (Å²) in [6.45, 7) is 9.51. The molecule has 1 amide bonds. The topological polar surface area (TPSA) is 36.0 Å². The Morgan fingerprint density at radius 3 is 2.22 bits per heavy atom. The molecule has 0 aromatic heterocycles. The molecule has 2 aliphatic rings. The number of nitrogens with zero attached hydrogens (tertiary/aromatic N) is 3. The standard InChI is InChI=1S/C17H24BrN3O2/c18-16-4-2-1-3-15(16)17(22)21-9-7-19(8-10-21)5-6-20-11-13-23-14-12-20/h1-4H,5-14H2. The molecule has 0 N–H and O–H groups in total. The van der Waals surface area contributed by atoms with Gasteiger partial charge in [-0.1, -0.05) is 12.1 Å². The van der Waals surface area contributed by atoms with Crippen molar-refractivity contribution in [1.29, 1.82) is 0 Å². The fraction of sp³-hybridized carbons (Fsp3) is 0.588. The summed E-state index contributed by atoms with van der Waals surface area (Å²) in [7, 11) is 0. The molecule has 0 bridgehead atoms. The highest BCUT2D eigenvalue weighted by atomic mass is 79.9. The summed E-state index contributed by atoms with van der Waals surface area (Å²) in [6, 6.07) is 7.66. The van der Waals surface area contributed by atoms with Crippen LogP contribution >= 0.6 is 15.9 Å². The van der Waals surface area contributed by atoms with Gasteiger partial charge in [0.15, 0.2) is 0 Å². The van der Waals surface area contributed by atoms with Crippen molar-refractivity contribution in [2.45, 2.75) is 0 Å². The van der Waals surface area contributed by atoms with Crippen molar-refractivity contribution in [3.8, 4) is 0 Å². The predicted molar refractivity (Wildman–Crippen MR) is 93.7 cm³/mol. The number of carbonyl (C=O) groups excluding carboxylic acids is 1. The van der Waals surface area contributed by atoms with E-state index in [0.717, 1.165) is 75.6 Å². The van der Waals surface area contributed by atoms with Crippen molar-refractivity contribution in [1.82, 2.24) is 14.7 Å². The van der Waals surface area contributed by atoms with Gasteiger partial charge in [-0.05, 0) is 28.1 Å². The maximum Gasteiger partial charge on any atom is 0.255 e. The zero-order valence-electron chi connectivity index (χ0n) is 13.4. The van der Waals surface area contributed by atoms with Gasteiger partial charge in [-0.25, -0.2) is 0 Å². The minimum Gasteiger partial charge on any atom is -0.379 e. The SMILES string of the molecule is O=C(c1ccccc1Br)N1CCN(CCN2CCOCC2)CC1. The van der Waals surface area contributed by atoms with Crippen molar-refractivity contribution in [3.63, 3.8) is 0 Å². The number of morpholine rings is 1. The van der Waals surface area contributed by atoms with Crippen LogP contribution in [0.1, 0.15) is 10.4 Å². The third-order valence-electron chi connectivity index (χ3n) is 4.60. The van der Waals surface area contributed by atoms with E-state index in [-0.39, 0.29) is 5.91 Å². The summed E-state index contributed by atoms with van der Waals surface area (Å²) in [6.07, 6.45) is 0. The number of carbonyl (C=O) groups is 1. The van der Waals surface area contributed by atoms with Gasteiger partial charge in [-0.3, -0.25) is 14.6 Å². The van der Waals surface area contributed by atoms with E-state index >= 15 is 0 Å². The highest BCUT2D eigenvalue weighted by Crippen LogP contribution is 2.18. The molecule has 0 atom stereocenters. The molecule has 2 fully saturated rings. The number of benzene rings is 1. The number of rotatable bonds is 4. The summed E-state index contributed by atoms with van der Waals surface area (Å²) in [5.41, 5.74) is 0.759. The van der Waals surface area contributed by atoms with Crippen molar-refractivity contribution in [2.24, 2.45) is 0 Å². The fourth-order valence-corrected chi connectivity index (χ4v) is 3.54. The first-order valence-corrected chi connectivity index (χ1v) is 9.09. The van der Waals surface area contributed by atoms with Crippen molar-refractivity contribution < 1.29 is 9.53 Å². The fourth-order valence-electron chi connectivity index (χ4n) is 3.09. The maximum atomic E-state index is 12.6. The van der Waals surface area contributed by atoms with Gasteiger partial charge in [-0.2, -0.15) is 0 Å². The third-order valence-corrected chi connectivity index (χ3v) is 5.29. The molecular weight excluding hydrogens is 358 g/mol. The molecule has 0 radical (unpaired) electrons. The molecule has 2 heterocycles. The van der Waals surface area contributed by atoms with Crippen LogP contribution in [0.15, 0.2) is 28.7 Å². The average molecular weight is 382 g/mol. The molecule has 2 saturated heterocycles. The number of amides is 1. The predicted octanol–water partition coefficient (Wildman–Crippen LogP) is 1.54. The average Bonchev–Trinajstić information content (AvgIpc) is 2.61. The highest BCUT2D eigenvalue weighted by Gasteiger charge is 2.23. The minimum absolute atomic E-state index is 0.130. The number of piperazine rings is 1. The van der Waals surface area contributed by atoms with E-state index in [2.05, 4.69) is 25.7 Å². The summed E-state index contributed by atoms with van der Waals surface area (Å²) in [5.74, 6) is 0.130. The molecule has 0 aliphatic carbocycles. The Morgan fingerprint density at radius 2 is 1.57 bits per heavy atom. The lowest BCUT2D eigenvalue weighted by Gasteiger charge is -2.36. The second-order valence-corrected chi connectivity index (χ2v) is 6.92. The molecule has 1 aromatic carbocycles. The first-order chi connectivity index (χ1) is 11.2. The molecule has 0 spiro atoms. The Bertz CT molecular complexity index is 526. The zero-order chi connectivity index (χ0) is 16.1. The van der Waals surface area contributed by atoms with Crippen LogP contribution in [0.5, 0.6) is 0 Å². The molecule has 5 nitrogen and oxygen atoms in total. The van der Waals surface area contributed by atoms with E-state index in [0.29, 0.717) is 0 Å². The van der Waals surface area contributed by atoms with Gasteiger partial charge in [0.2, 0.25) is 0 Å². The number of halogens is 1. The lowest BCUT2D eigenvalue weighted by atomic mass is 10.2. The molecule has 23 heavy (non-hydrogen) atoms. The molecule has 126 valence electrons. The monoisotopic (exact) mass is 381 g/mol. The second-order valence-electron chi connectivity index (χ2n) is 6.07. The summed E-state index contributed by atoms with van der Waals surface area (Å²) in [5, 5.41) is 0. The molecule has 0 unspecified atom stereocenters. The van der Waals surface area contributed by atoms with Crippen molar-refractivity contribution in [3.05, 3.63) is 34.3 Å². The van der Waals surface area contributed by atoms with Crippen molar-refractivity contribution >= 4 is 21.8 Å². The number of hydrogen-bond acceptors (Lipinski definition) is 4. The van der Waals surface area contributed by atoms with Crippen LogP contribution < -0.4 is 0 Å². The lowest BCUT2D eigenvalue weighted by molar-refractivity contribution is 0.0293. The first-order valence-electron chi connectivity index (χ1n) is 8.30. The van der Waals surface area contributed by atoms with Gasteiger partial charge in [0.25, 0.3) is 5.91 Å². The normalized spacial score (nSPS) is 20.7. The molecule has 3 rings (SSSR count). The third kappa shape index (κ3) is 4.53. The number of hydrogen-bond donors (Lipinski definition) is 0. The zero-order valence-corrected chi connectivity index (χ0v) is 15.0. The van der Waals surface area contributed by atoms with Crippen LogP contribution in [0, 0.1) is 0 Å². The van der Waals surface area contributed by atoms with E-state index in [9.17, 15) is 4.79 Å². The Balaban J connectivity index is 1.44. The molecule has 0 saturated carbocycles. The maximum absolute atomic E-state index is 12.6.